The summed E-state index contributed by atoms with van der Waals surface area (Å²) in [6, 6.07) is 5.78. The van der Waals surface area contributed by atoms with Crippen molar-refractivity contribution in [1.29, 1.82) is 0 Å². The number of imidazole rings is 1. The fraction of sp³-hybridized carbons (Fsp3) is 0.143. The molecular weight excluding hydrogens is 326 g/mol. The van der Waals surface area contributed by atoms with Crippen LogP contribution in [0.1, 0.15) is 12.6 Å². The number of amides is 1. The molecule has 0 atom stereocenters. The second kappa shape index (κ2) is 7.32. The molecule has 0 spiro atoms. The topological polar surface area (TPSA) is 72.7 Å². The number of aryl methyl sites for hydroxylation is 1. The zero-order chi connectivity index (χ0) is 14.8. The maximum atomic E-state index is 11.1. The van der Waals surface area contributed by atoms with E-state index in [1.54, 1.807) is 12.5 Å². The number of nitrogens with zero attached hydrogens (tertiary/aromatic N) is 4. The Balaban J connectivity index is 0.00000176. The number of hydrogen-bond donors (Lipinski definition) is 1. The summed E-state index contributed by atoms with van der Waals surface area (Å²) in [5, 5.41) is 3.29. The molecule has 1 N–H and O–H groups in total. The molecule has 1 amide bonds. The first-order chi connectivity index (χ1) is 10.1. The van der Waals surface area contributed by atoms with Crippen LogP contribution in [-0.4, -0.2) is 25.4 Å². The van der Waals surface area contributed by atoms with Gasteiger partial charge in [-0.05, 0) is 19.1 Å². The van der Waals surface area contributed by atoms with Crippen LogP contribution < -0.4 is 5.32 Å². The molecule has 8 heteroatoms. The Bertz CT molecular complexity index is 784. The first kappa shape index (κ1) is 17.1. The number of thiazole rings is 1. The van der Waals surface area contributed by atoms with Crippen LogP contribution in [-0.2, 0) is 4.79 Å². The normalized spacial score (nSPS) is 10.1. The quantitative estimate of drug-likeness (QED) is 0.796. The number of pyridine rings is 1. The number of nitrogens with one attached hydrogen (secondary N) is 1. The second-order valence-corrected chi connectivity index (χ2v) is 5.46. The van der Waals surface area contributed by atoms with Gasteiger partial charge in [0.1, 0.15) is 12.1 Å². The number of anilines is 1. The molecule has 0 unspecified atom stereocenters. The fourth-order valence-electron chi connectivity index (χ4n) is 1.93. The minimum atomic E-state index is -0.129. The Morgan fingerprint density at radius 3 is 2.82 bits per heavy atom. The molecule has 3 aromatic heterocycles. The van der Waals surface area contributed by atoms with Gasteiger partial charge in [0.2, 0.25) is 5.91 Å². The molecular formula is C14H13ArN5OS. The molecule has 0 aliphatic carbocycles. The van der Waals surface area contributed by atoms with Crippen LogP contribution in [0.3, 0.4) is 0 Å². The van der Waals surface area contributed by atoms with Gasteiger partial charge in [-0.15, -0.1) is 0 Å². The third-order valence-electron chi connectivity index (χ3n) is 2.82. The summed E-state index contributed by atoms with van der Waals surface area (Å²) in [5.74, 6) is 0.661. The van der Waals surface area contributed by atoms with Gasteiger partial charge in [-0.1, -0.05) is 17.4 Å². The van der Waals surface area contributed by atoms with Crippen molar-refractivity contribution in [3.8, 4) is 16.4 Å². The van der Waals surface area contributed by atoms with Crippen molar-refractivity contribution in [2.24, 2.45) is 0 Å². The van der Waals surface area contributed by atoms with E-state index in [1.165, 1.54) is 18.3 Å². The molecule has 0 aliphatic heterocycles. The third kappa shape index (κ3) is 3.73. The minimum Gasteiger partial charge on any atom is -0.302 e. The Morgan fingerprint density at radius 1 is 1.32 bits per heavy atom. The molecule has 0 aromatic carbocycles. The third-order valence-corrected chi connectivity index (χ3v) is 3.91. The molecule has 0 saturated carbocycles. The van der Waals surface area contributed by atoms with Crippen molar-refractivity contribution < 1.29 is 42.5 Å². The van der Waals surface area contributed by atoms with Crippen LogP contribution in [0, 0.1) is 44.7 Å². The van der Waals surface area contributed by atoms with E-state index in [0.717, 1.165) is 22.1 Å². The fourth-order valence-corrected chi connectivity index (χ4v) is 2.91. The molecule has 3 heterocycles. The average Bonchev–Trinajstić information content (AvgIpc) is 3.08. The molecule has 114 valence electrons. The van der Waals surface area contributed by atoms with Crippen LogP contribution in [0.2, 0.25) is 0 Å². The van der Waals surface area contributed by atoms with Gasteiger partial charge in [0.05, 0.1) is 16.3 Å². The maximum absolute atomic E-state index is 11.1. The van der Waals surface area contributed by atoms with E-state index in [2.05, 4.69) is 20.3 Å². The summed E-state index contributed by atoms with van der Waals surface area (Å²) in [7, 11) is 0. The van der Waals surface area contributed by atoms with Gasteiger partial charge >= 0.3 is 0 Å². The first-order valence-electron chi connectivity index (χ1n) is 6.34. The molecule has 0 saturated heterocycles. The number of carbonyl (C=O) groups excluding carboxylic acids is 1. The van der Waals surface area contributed by atoms with Gasteiger partial charge < -0.3 is 5.32 Å². The van der Waals surface area contributed by atoms with E-state index in [4.69, 9.17) is 0 Å². The Morgan fingerprint density at radius 2 is 2.14 bits per heavy atom. The zero-order valence-electron chi connectivity index (χ0n) is 11.9. The summed E-state index contributed by atoms with van der Waals surface area (Å²) >= 11 is 1.42. The Kier molecular flexibility index (Phi) is 5.68. The molecule has 0 fully saturated rings. The van der Waals surface area contributed by atoms with E-state index in [-0.39, 0.29) is 43.6 Å². The van der Waals surface area contributed by atoms with Crippen LogP contribution in [0.25, 0.3) is 16.4 Å². The predicted molar refractivity (Wildman–Crippen MR) is 81.5 cm³/mol. The van der Waals surface area contributed by atoms with Gasteiger partial charge in [-0.2, -0.15) is 0 Å². The molecule has 3 aromatic rings. The second-order valence-electron chi connectivity index (χ2n) is 4.47. The summed E-state index contributed by atoms with van der Waals surface area (Å²) in [4.78, 5) is 25.0. The van der Waals surface area contributed by atoms with E-state index < -0.39 is 0 Å². The average molecular weight is 339 g/mol. The Hall–Kier alpha value is -1.28. The van der Waals surface area contributed by atoms with Crippen molar-refractivity contribution in [3.63, 3.8) is 0 Å². The van der Waals surface area contributed by atoms with Crippen molar-refractivity contribution in [3.05, 3.63) is 42.6 Å². The molecule has 0 radical (unpaired) electrons. The van der Waals surface area contributed by atoms with Crippen LogP contribution in [0.15, 0.2) is 36.9 Å². The standard InChI is InChI=1S/C14H13N5OS.Ar/c1-9-13(21-14(16-9)17-10(2)20)11-4-3-5-12(18-11)19-7-6-15-8-19;/h3-8H,1-2H3,(H,16,17,20);. The summed E-state index contributed by atoms with van der Waals surface area (Å²) in [6.07, 6.45) is 5.25. The predicted octanol–water partition coefficient (Wildman–Crippen LogP) is 2.66. The number of aromatic nitrogens is 4. The zero-order valence-corrected chi connectivity index (χ0v) is 13.4. The van der Waals surface area contributed by atoms with Crippen LogP contribution in [0.5, 0.6) is 0 Å². The van der Waals surface area contributed by atoms with Gasteiger partial charge in [0, 0.05) is 57.1 Å². The van der Waals surface area contributed by atoms with Gasteiger partial charge in [0.25, 0.3) is 0 Å². The molecule has 6 nitrogen and oxygen atoms in total. The van der Waals surface area contributed by atoms with Gasteiger partial charge in [0.15, 0.2) is 5.13 Å². The molecule has 3 rings (SSSR count). The minimum absolute atomic E-state index is 0. The van der Waals surface area contributed by atoms with Crippen LogP contribution >= 0.6 is 11.3 Å². The SMILES string of the molecule is CC(=O)Nc1nc(C)c(-c2cccc(-n3ccnc3)n2)s1.[Ar]. The number of carbonyl (C=O) groups is 1. The van der Waals surface area contributed by atoms with Crippen molar-refractivity contribution in [2.75, 3.05) is 5.32 Å². The van der Waals surface area contributed by atoms with Crippen molar-refractivity contribution in [2.45, 2.75) is 13.8 Å². The molecule has 0 aliphatic rings. The van der Waals surface area contributed by atoms with Gasteiger partial charge in [-0.3, -0.25) is 9.36 Å². The van der Waals surface area contributed by atoms with Gasteiger partial charge in [-0.25, -0.2) is 15.0 Å². The van der Waals surface area contributed by atoms with Crippen LogP contribution in [0.4, 0.5) is 5.13 Å². The summed E-state index contributed by atoms with van der Waals surface area (Å²) < 4.78 is 1.84. The van der Waals surface area contributed by atoms with Crippen molar-refractivity contribution in [1.82, 2.24) is 19.5 Å². The van der Waals surface area contributed by atoms with E-state index in [9.17, 15) is 4.79 Å². The first-order valence-corrected chi connectivity index (χ1v) is 7.16. The summed E-state index contributed by atoms with van der Waals surface area (Å²) in [5.41, 5.74) is 1.67. The van der Waals surface area contributed by atoms with E-state index >= 15 is 0 Å². The maximum Gasteiger partial charge on any atom is 0.223 e. The molecule has 22 heavy (non-hydrogen) atoms. The molecule has 0 bridgehead atoms. The van der Waals surface area contributed by atoms with E-state index in [1.807, 2.05) is 35.9 Å². The Labute approximate surface area is 161 Å². The summed E-state index contributed by atoms with van der Waals surface area (Å²) in [6.45, 7) is 3.37. The largest absolute Gasteiger partial charge is 0.302 e. The monoisotopic (exact) mass is 339 g/mol. The van der Waals surface area contributed by atoms with Crippen molar-refractivity contribution >= 4 is 22.4 Å². The number of hydrogen-bond acceptors (Lipinski definition) is 5. The van der Waals surface area contributed by atoms with E-state index in [0.29, 0.717) is 5.13 Å². The number of rotatable bonds is 3. The smallest absolute Gasteiger partial charge is 0.223 e.